The highest BCUT2D eigenvalue weighted by Gasteiger charge is 2.30. The van der Waals surface area contributed by atoms with Crippen molar-refractivity contribution in [3.63, 3.8) is 0 Å². The van der Waals surface area contributed by atoms with Crippen LogP contribution < -0.4 is 10.2 Å². The van der Waals surface area contributed by atoms with E-state index in [-0.39, 0.29) is 55.2 Å². The van der Waals surface area contributed by atoms with Crippen molar-refractivity contribution in [3.05, 3.63) is 53.3 Å². The van der Waals surface area contributed by atoms with E-state index >= 15 is 0 Å². The van der Waals surface area contributed by atoms with Gasteiger partial charge in [-0.05, 0) is 36.8 Å². The third-order valence-electron chi connectivity index (χ3n) is 5.58. The third kappa shape index (κ3) is 5.05. The number of nitrogens with zero attached hydrogens (tertiary/aromatic N) is 3. The first kappa shape index (κ1) is 23.3. The van der Waals surface area contributed by atoms with Gasteiger partial charge in [0.15, 0.2) is 5.13 Å². The lowest BCUT2D eigenvalue weighted by Crippen LogP contribution is -2.55. The van der Waals surface area contributed by atoms with Gasteiger partial charge in [0, 0.05) is 38.2 Å². The first-order chi connectivity index (χ1) is 15.7. The summed E-state index contributed by atoms with van der Waals surface area (Å²) in [5, 5.41) is 21.5. The summed E-state index contributed by atoms with van der Waals surface area (Å²) < 4.78 is 43.1. The number of anilines is 2. The summed E-state index contributed by atoms with van der Waals surface area (Å²) in [7, 11) is 0. The summed E-state index contributed by atoms with van der Waals surface area (Å²) in [4.78, 5) is 20.3. The second kappa shape index (κ2) is 9.54. The molecule has 11 heteroatoms. The molecule has 2 amide bonds. The number of amides is 2. The molecule has 176 valence electrons. The van der Waals surface area contributed by atoms with E-state index in [0.717, 1.165) is 12.1 Å². The fraction of sp³-hybridized carbons (Fsp3) is 0.364. The molecule has 33 heavy (non-hydrogen) atoms. The number of thiazole rings is 1. The molecule has 0 saturated carbocycles. The number of aliphatic hydroxyl groups excluding tert-OH is 2. The maximum Gasteiger partial charge on any atom is 0.324 e. The summed E-state index contributed by atoms with van der Waals surface area (Å²) in [5.74, 6) is -1.68. The minimum Gasteiger partial charge on any atom is -0.394 e. The molecule has 0 bridgehead atoms. The average Bonchev–Trinajstić information content (AvgIpc) is 3.16. The summed E-state index contributed by atoms with van der Waals surface area (Å²) >= 11 is 1.17. The summed E-state index contributed by atoms with van der Waals surface area (Å²) in [5.41, 5.74) is 0.649. The van der Waals surface area contributed by atoms with E-state index in [0.29, 0.717) is 15.3 Å². The van der Waals surface area contributed by atoms with Crippen LogP contribution in [0.4, 0.5) is 28.8 Å². The fourth-order valence-electron chi connectivity index (χ4n) is 3.89. The second-order valence-electron chi connectivity index (χ2n) is 7.99. The smallest absolute Gasteiger partial charge is 0.324 e. The Hall–Kier alpha value is -2.89. The summed E-state index contributed by atoms with van der Waals surface area (Å²) in [6, 6.07) is 5.64. The summed E-state index contributed by atoms with van der Waals surface area (Å²) in [6.07, 6.45) is -1.36. The Morgan fingerprint density at radius 1 is 1.24 bits per heavy atom. The topological polar surface area (TPSA) is 88.9 Å². The van der Waals surface area contributed by atoms with Gasteiger partial charge in [0.05, 0.1) is 28.6 Å². The van der Waals surface area contributed by atoms with E-state index in [9.17, 15) is 23.1 Å². The molecule has 2 heterocycles. The molecule has 1 fully saturated rings. The normalized spacial score (nSPS) is 17.5. The molecule has 0 spiro atoms. The van der Waals surface area contributed by atoms with Crippen molar-refractivity contribution in [2.24, 2.45) is 0 Å². The van der Waals surface area contributed by atoms with Crippen LogP contribution in [0, 0.1) is 17.5 Å². The van der Waals surface area contributed by atoms with Gasteiger partial charge in [0.2, 0.25) is 0 Å². The van der Waals surface area contributed by atoms with Crippen LogP contribution in [0.5, 0.6) is 0 Å². The average molecular weight is 481 g/mol. The standard InChI is InChI=1S/C22H23F3N4O3S/c1-12-10-28(19-9-16(24)13(7-17(19)25)6-15(31)11-30)4-5-29(12)22(32)27-21-26-18-3-2-14(23)8-20(18)33-21/h2-3,7-9,12,15,30-31H,4-6,10-11H2,1H3,(H,26,27,32). The molecule has 2 atom stereocenters. The van der Waals surface area contributed by atoms with Crippen LogP contribution in [0.25, 0.3) is 10.2 Å². The van der Waals surface area contributed by atoms with E-state index in [1.54, 1.807) is 22.8 Å². The minimum atomic E-state index is -1.17. The lowest BCUT2D eigenvalue weighted by atomic mass is 10.1. The van der Waals surface area contributed by atoms with Crippen molar-refractivity contribution in [2.45, 2.75) is 25.5 Å². The molecule has 4 rings (SSSR count). The van der Waals surface area contributed by atoms with Crippen LogP contribution in [-0.4, -0.2) is 64.5 Å². The van der Waals surface area contributed by atoms with Gasteiger partial charge in [-0.1, -0.05) is 11.3 Å². The highest BCUT2D eigenvalue weighted by molar-refractivity contribution is 7.22. The molecule has 7 nitrogen and oxygen atoms in total. The predicted molar refractivity (Wildman–Crippen MR) is 120 cm³/mol. The Bertz CT molecular complexity index is 1180. The quantitative estimate of drug-likeness (QED) is 0.521. The van der Waals surface area contributed by atoms with E-state index in [2.05, 4.69) is 10.3 Å². The number of rotatable bonds is 5. The van der Waals surface area contributed by atoms with Gasteiger partial charge in [-0.2, -0.15) is 0 Å². The van der Waals surface area contributed by atoms with Crippen LogP contribution in [0.2, 0.25) is 0 Å². The zero-order valence-electron chi connectivity index (χ0n) is 17.8. The molecule has 1 aliphatic rings. The number of halogens is 3. The Morgan fingerprint density at radius 2 is 2.03 bits per heavy atom. The lowest BCUT2D eigenvalue weighted by molar-refractivity contribution is 0.0947. The van der Waals surface area contributed by atoms with Gasteiger partial charge in [-0.3, -0.25) is 5.32 Å². The fourth-order valence-corrected chi connectivity index (χ4v) is 4.77. The molecule has 0 radical (unpaired) electrons. The molecular formula is C22H23F3N4O3S. The molecule has 1 saturated heterocycles. The van der Waals surface area contributed by atoms with Gasteiger partial charge in [0.25, 0.3) is 0 Å². The van der Waals surface area contributed by atoms with Crippen molar-refractivity contribution < 1.29 is 28.2 Å². The number of fused-ring (bicyclic) bond motifs is 1. The van der Waals surface area contributed by atoms with E-state index < -0.39 is 24.3 Å². The first-order valence-electron chi connectivity index (χ1n) is 10.4. The monoisotopic (exact) mass is 480 g/mol. The Balaban J connectivity index is 1.42. The zero-order valence-corrected chi connectivity index (χ0v) is 18.6. The van der Waals surface area contributed by atoms with E-state index in [1.807, 2.05) is 0 Å². The number of carbonyl (C=O) groups excluding carboxylic acids is 1. The molecule has 0 aliphatic carbocycles. The predicted octanol–water partition coefficient (Wildman–Crippen LogP) is 3.35. The molecule has 1 aliphatic heterocycles. The van der Waals surface area contributed by atoms with Crippen molar-refractivity contribution in [1.82, 2.24) is 9.88 Å². The van der Waals surface area contributed by atoms with Gasteiger partial charge < -0.3 is 20.0 Å². The maximum atomic E-state index is 14.7. The number of aromatic nitrogens is 1. The molecule has 1 aromatic heterocycles. The van der Waals surface area contributed by atoms with Crippen molar-refractivity contribution in [3.8, 4) is 0 Å². The van der Waals surface area contributed by atoms with E-state index in [1.165, 1.54) is 23.5 Å². The number of hydrogen-bond acceptors (Lipinski definition) is 6. The number of carbonyl (C=O) groups is 1. The third-order valence-corrected chi connectivity index (χ3v) is 6.51. The largest absolute Gasteiger partial charge is 0.394 e. The van der Waals surface area contributed by atoms with Gasteiger partial charge >= 0.3 is 6.03 Å². The first-order valence-corrected chi connectivity index (χ1v) is 11.2. The SMILES string of the molecule is CC1CN(c2cc(F)c(CC(O)CO)cc2F)CCN1C(=O)Nc1nc2ccc(F)cc2s1. The molecule has 2 unspecified atom stereocenters. The minimum absolute atomic E-state index is 0.0143. The van der Waals surface area contributed by atoms with Crippen molar-refractivity contribution in [2.75, 3.05) is 36.5 Å². The highest BCUT2D eigenvalue weighted by Crippen LogP contribution is 2.29. The van der Waals surface area contributed by atoms with Crippen molar-refractivity contribution >= 4 is 38.4 Å². The van der Waals surface area contributed by atoms with E-state index in [4.69, 9.17) is 5.11 Å². The van der Waals surface area contributed by atoms with Crippen LogP contribution in [0.3, 0.4) is 0 Å². The van der Waals surface area contributed by atoms with Crippen LogP contribution in [0.1, 0.15) is 12.5 Å². The van der Waals surface area contributed by atoms with Gasteiger partial charge in [-0.25, -0.2) is 22.9 Å². The van der Waals surface area contributed by atoms with Crippen LogP contribution >= 0.6 is 11.3 Å². The molecule has 3 N–H and O–H groups in total. The van der Waals surface area contributed by atoms with Gasteiger partial charge in [-0.15, -0.1) is 0 Å². The molecular weight excluding hydrogens is 457 g/mol. The number of urea groups is 1. The Morgan fingerprint density at radius 3 is 2.76 bits per heavy atom. The number of nitrogens with one attached hydrogen (secondary N) is 1. The number of benzene rings is 2. The number of hydrogen-bond donors (Lipinski definition) is 3. The lowest BCUT2D eigenvalue weighted by Gasteiger charge is -2.40. The molecule has 2 aromatic carbocycles. The Labute approximate surface area is 192 Å². The molecule has 3 aromatic rings. The maximum absolute atomic E-state index is 14.7. The number of piperazine rings is 1. The zero-order chi connectivity index (χ0) is 23.7. The van der Waals surface area contributed by atoms with Crippen LogP contribution in [0.15, 0.2) is 30.3 Å². The summed E-state index contributed by atoms with van der Waals surface area (Å²) in [6.45, 7) is 2.11. The van der Waals surface area contributed by atoms with Gasteiger partial charge in [0.1, 0.15) is 17.5 Å². The highest BCUT2D eigenvalue weighted by atomic mass is 32.1. The Kier molecular flexibility index (Phi) is 6.73. The number of aliphatic hydroxyl groups is 2. The second-order valence-corrected chi connectivity index (χ2v) is 9.02. The van der Waals surface area contributed by atoms with Crippen molar-refractivity contribution in [1.29, 1.82) is 0 Å². The van der Waals surface area contributed by atoms with Crippen LogP contribution in [-0.2, 0) is 6.42 Å².